The van der Waals surface area contributed by atoms with Crippen LogP contribution in [0.5, 0.6) is 0 Å². The number of hydrogen-bond acceptors (Lipinski definition) is 5. The number of aryl methyl sites for hydroxylation is 2. The van der Waals surface area contributed by atoms with Gasteiger partial charge in [-0.05, 0) is 13.3 Å². The summed E-state index contributed by atoms with van der Waals surface area (Å²) in [7, 11) is 0. The van der Waals surface area contributed by atoms with Gasteiger partial charge in [-0.3, -0.25) is 0 Å². The Bertz CT molecular complexity index is 494. The maximum absolute atomic E-state index is 4.53. The Balaban J connectivity index is 1.90. The summed E-state index contributed by atoms with van der Waals surface area (Å²) >= 11 is 0. The number of hydrogen-bond donors (Lipinski definition) is 1. The number of unbranched alkanes of at least 4 members (excludes halogenated alkanes) is 1. The first kappa shape index (κ1) is 13.5. The van der Waals surface area contributed by atoms with Crippen molar-refractivity contribution in [3.05, 3.63) is 30.2 Å². The number of aromatic nitrogens is 5. The fraction of sp³-hybridized carbons (Fsp3) is 0.538. The fourth-order valence-electron chi connectivity index (χ4n) is 1.82. The Morgan fingerprint density at radius 1 is 1.21 bits per heavy atom. The van der Waals surface area contributed by atoms with Crippen LogP contribution >= 0.6 is 0 Å². The lowest BCUT2D eigenvalue weighted by Crippen LogP contribution is -2.11. The highest BCUT2D eigenvalue weighted by Crippen LogP contribution is 2.08. The lowest BCUT2D eigenvalue weighted by molar-refractivity contribution is 0.718. The molecule has 0 aliphatic heterocycles. The van der Waals surface area contributed by atoms with Gasteiger partial charge in [0.05, 0.1) is 0 Å². The first-order valence-electron chi connectivity index (χ1n) is 6.69. The molecular weight excluding hydrogens is 240 g/mol. The van der Waals surface area contributed by atoms with Crippen molar-refractivity contribution in [1.29, 1.82) is 0 Å². The van der Waals surface area contributed by atoms with Crippen LogP contribution in [-0.2, 0) is 13.0 Å². The summed E-state index contributed by atoms with van der Waals surface area (Å²) in [5.41, 5.74) is 1.01. The normalized spacial score (nSPS) is 10.6. The first-order chi connectivity index (χ1) is 9.28. The van der Waals surface area contributed by atoms with Crippen LogP contribution in [0.1, 0.15) is 31.3 Å². The highest BCUT2D eigenvalue weighted by atomic mass is 15.2. The average molecular weight is 260 g/mol. The third kappa shape index (κ3) is 4.31. The molecule has 0 spiro atoms. The maximum Gasteiger partial charge on any atom is 0.130 e. The monoisotopic (exact) mass is 260 g/mol. The van der Waals surface area contributed by atoms with Crippen LogP contribution in [0.15, 0.2) is 18.7 Å². The van der Waals surface area contributed by atoms with Gasteiger partial charge in [-0.25, -0.2) is 9.97 Å². The van der Waals surface area contributed by atoms with Crippen LogP contribution in [0.4, 0.5) is 5.82 Å². The SMILES string of the molecule is CCCCc1nc(C)cc(NCCn2cnnc2)n1. The van der Waals surface area contributed by atoms with E-state index in [2.05, 4.69) is 32.4 Å². The molecule has 0 aliphatic rings. The molecule has 1 N–H and O–H groups in total. The van der Waals surface area contributed by atoms with Crippen LogP contribution < -0.4 is 5.32 Å². The Morgan fingerprint density at radius 3 is 2.74 bits per heavy atom. The molecule has 102 valence electrons. The zero-order chi connectivity index (χ0) is 13.5. The van der Waals surface area contributed by atoms with Gasteiger partial charge in [-0.1, -0.05) is 13.3 Å². The molecular formula is C13H20N6. The van der Waals surface area contributed by atoms with Gasteiger partial charge in [0.1, 0.15) is 24.3 Å². The Morgan fingerprint density at radius 2 is 2.00 bits per heavy atom. The predicted octanol–water partition coefficient (Wildman–Crippen LogP) is 1.83. The molecule has 0 aliphatic carbocycles. The summed E-state index contributed by atoms with van der Waals surface area (Å²) in [6, 6.07) is 1.97. The van der Waals surface area contributed by atoms with Crippen molar-refractivity contribution in [2.45, 2.75) is 39.7 Å². The summed E-state index contributed by atoms with van der Waals surface area (Å²) in [6.45, 7) is 5.79. The minimum Gasteiger partial charge on any atom is -0.368 e. The van der Waals surface area contributed by atoms with Crippen molar-refractivity contribution in [3.8, 4) is 0 Å². The van der Waals surface area contributed by atoms with Gasteiger partial charge in [0.15, 0.2) is 0 Å². The zero-order valence-corrected chi connectivity index (χ0v) is 11.5. The summed E-state index contributed by atoms with van der Waals surface area (Å²) < 4.78 is 1.93. The molecule has 2 aromatic rings. The van der Waals surface area contributed by atoms with Crippen molar-refractivity contribution >= 4 is 5.82 Å². The molecule has 2 heterocycles. The fourth-order valence-corrected chi connectivity index (χ4v) is 1.82. The van der Waals surface area contributed by atoms with E-state index in [0.717, 1.165) is 49.7 Å². The summed E-state index contributed by atoms with van der Waals surface area (Å²) in [4.78, 5) is 8.98. The molecule has 0 amide bonds. The van der Waals surface area contributed by atoms with Gasteiger partial charge < -0.3 is 9.88 Å². The van der Waals surface area contributed by atoms with E-state index in [-0.39, 0.29) is 0 Å². The third-order valence-electron chi connectivity index (χ3n) is 2.80. The summed E-state index contributed by atoms with van der Waals surface area (Å²) in [6.07, 6.45) is 6.65. The topological polar surface area (TPSA) is 68.5 Å². The Kier molecular flexibility index (Phi) is 4.83. The van der Waals surface area contributed by atoms with Gasteiger partial charge >= 0.3 is 0 Å². The molecule has 19 heavy (non-hydrogen) atoms. The molecule has 2 aromatic heterocycles. The van der Waals surface area contributed by atoms with Gasteiger partial charge in [-0.15, -0.1) is 10.2 Å². The largest absolute Gasteiger partial charge is 0.368 e. The van der Waals surface area contributed by atoms with Gasteiger partial charge in [0.25, 0.3) is 0 Å². The molecule has 0 aromatic carbocycles. The number of nitrogens with zero attached hydrogens (tertiary/aromatic N) is 5. The smallest absolute Gasteiger partial charge is 0.130 e. The lowest BCUT2D eigenvalue weighted by Gasteiger charge is -2.08. The molecule has 0 radical (unpaired) electrons. The minimum absolute atomic E-state index is 0.793. The molecule has 0 bridgehead atoms. The van der Waals surface area contributed by atoms with Crippen molar-refractivity contribution in [3.63, 3.8) is 0 Å². The van der Waals surface area contributed by atoms with Crippen molar-refractivity contribution in [2.24, 2.45) is 0 Å². The second kappa shape index (κ2) is 6.82. The molecule has 0 saturated carbocycles. The quantitative estimate of drug-likeness (QED) is 0.822. The average Bonchev–Trinajstić information content (AvgIpc) is 2.89. The van der Waals surface area contributed by atoms with E-state index in [9.17, 15) is 0 Å². The van der Waals surface area contributed by atoms with Crippen molar-refractivity contribution < 1.29 is 0 Å². The summed E-state index contributed by atoms with van der Waals surface area (Å²) in [5.74, 6) is 1.82. The maximum atomic E-state index is 4.53. The van der Waals surface area contributed by atoms with Crippen LogP contribution in [0.25, 0.3) is 0 Å². The van der Waals surface area contributed by atoms with E-state index >= 15 is 0 Å². The van der Waals surface area contributed by atoms with E-state index in [0.29, 0.717) is 0 Å². The van der Waals surface area contributed by atoms with Crippen LogP contribution in [-0.4, -0.2) is 31.3 Å². The standard InChI is InChI=1S/C13H20N6/c1-3-4-5-12-17-11(2)8-13(18-12)14-6-7-19-9-15-16-10-19/h8-10H,3-7H2,1-2H3,(H,14,17,18). The van der Waals surface area contributed by atoms with Gasteiger partial charge in [0, 0.05) is 31.3 Å². The molecule has 0 atom stereocenters. The van der Waals surface area contributed by atoms with E-state index < -0.39 is 0 Å². The Labute approximate surface area is 113 Å². The number of nitrogens with one attached hydrogen (secondary N) is 1. The molecule has 6 nitrogen and oxygen atoms in total. The van der Waals surface area contributed by atoms with Crippen LogP contribution in [0.2, 0.25) is 0 Å². The second-order valence-corrected chi connectivity index (χ2v) is 4.54. The molecule has 6 heteroatoms. The first-order valence-corrected chi connectivity index (χ1v) is 6.69. The van der Waals surface area contributed by atoms with E-state index in [4.69, 9.17) is 0 Å². The lowest BCUT2D eigenvalue weighted by atomic mass is 10.2. The third-order valence-corrected chi connectivity index (χ3v) is 2.80. The highest BCUT2D eigenvalue weighted by molar-refractivity contribution is 5.35. The van der Waals surface area contributed by atoms with E-state index in [1.54, 1.807) is 12.7 Å². The van der Waals surface area contributed by atoms with Crippen LogP contribution in [0.3, 0.4) is 0 Å². The number of rotatable bonds is 7. The summed E-state index contributed by atoms with van der Waals surface area (Å²) in [5, 5.41) is 10.9. The van der Waals surface area contributed by atoms with Crippen LogP contribution in [0, 0.1) is 6.92 Å². The highest BCUT2D eigenvalue weighted by Gasteiger charge is 2.02. The second-order valence-electron chi connectivity index (χ2n) is 4.54. The van der Waals surface area contributed by atoms with Gasteiger partial charge in [-0.2, -0.15) is 0 Å². The van der Waals surface area contributed by atoms with Crippen molar-refractivity contribution in [2.75, 3.05) is 11.9 Å². The van der Waals surface area contributed by atoms with E-state index in [1.807, 2.05) is 17.6 Å². The zero-order valence-electron chi connectivity index (χ0n) is 11.5. The predicted molar refractivity (Wildman–Crippen MR) is 73.9 cm³/mol. The molecule has 2 rings (SSSR count). The van der Waals surface area contributed by atoms with E-state index in [1.165, 1.54) is 0 Å². The molecule has 0 fully saturated rings. The molecule has 0 saturated heterocycles. The Hall–Kier alpha value is -1.98. The minimum atomic E-state index is 0.793. The van der Waals surface area contributed by atoms with Gasteiger partial charge in [0.2, 0.25) is 0 Å². The molecule has 0 unspecified atom stereocenters. The van der Waals surface area contributed by atoms with Crippen molar-refractivity contribution in [1.82, 2.24) is 24.7 Å². The number of anilines is 1.